The summed E-state index contributed by atoms with van der Waals surface area (Å²) in [5.74, 6) is -6.19. The molecule has 1 unspecified atom stereocenters. The molecule has 41 heavy (non-hydrogen) atoms. The van der Waals surface area contributed by atoms with Crippen LogP contribution in [-0.4, -0.2) is 70.4 Å². The zero-order chi connectivity index (χ0) is 30.1. The van der Waals surface area contributed by atoms with Crippen LogP contribution < -0.4 is 5.32 Å². The summed E-state index contributed by atoms with van der Waals surface area (Å²) in [6.45, 7) is 2.54. The predicted octanol–water partition coefficient (Wildman–Crippen LogP) is 4.63. The van der Waals surface area contributed by atoms with Crippen molar-refractivity contribution in [3.8, 4) is 0 Å². The first-order chi connectivity index (χ1) is 19.3. The predicted molar refractivity (Wildman–Crippen MR) is 145 cm³/mol. The van der Waals surface area contributed by atoms with Crippen LogP contribution in [0.2, 0.25) is 5.02 Å². The van der Waals surface area contributed by atoms with Gasteiger partial charge in [-0.15, -0.1) is 0 Å². The number of benzene rings is 2. The Morgan fingerprint density at radius 3 is 2.32 bits per heavy atom. The number of carbonyl (C=O) groups is 1. The Hall–Kier alpha value is -2.22. The van der Waals surface area contributed by atoms with Crippen molar-refractivity contribution in [2.45, 2.75) is 48.0 Å². The van der Waals surface area contributed by atoms with Crippen molar-refractivity contribution in [3.63, 3.8) is 0 Å². The van der Waals surface area contributed by atoms with Gasteiger partial charge in [0, 0.05) is 37.6 Å². The third-order valence-electron chi connectivity index (χ3n) is 8.19. The number of methoxy groups -OCH3 is 2. The minimum atomic E-state index is -4.06. The quantitative estimate of drug-likeness (QED) is 0.353. The highest BCUT2D eigenvalue weighted by molar-refractivity contribution is 7.92. The lowest BCUT2D eigenvalue weighted by Crippen LogP contribution is -2.52. The molecule has 2 aliphatic carbocycles. The maximum Gasteiger partial charge on any atom is 0.255 e. The second kappa shape index (κ2) is 12.6. The van der Waals surface area contributed by atoms with E-state index in [-0.39, 0.29) is 77.7 Å². The van der Waals surface area contributed by atoms with Crippen LogP contribution in [0, 0.1) is 35.2 Å². The maximum absolute atomic E-state index is 13.8. The number of nitrogens with one attached hydrogen (secondary N) is 1. The summed E-state index contributed by atoms with van der Waals surface area (Å²) in [5, 5.41) is 13.0. The normalized spacial score (nSPS) is 26.0. The monoisotopic (exact) mass is 619 g/mol. The van der Waals surface area contributed by atoms with Crippen molar-refractivity contribution < 1.29 is 45.7 Å². The minimum Gasteiger partial charge on any atom is -0.387 e. The molecule has 13 heteroatoms. The van der Waals surface area contributed by atoms with Gasteiger partial charge in [-0.05, 0) is 55.2 Å². The van der Waals surface area contributed by atoms with E-state index in [1.54, 1.807) is 0 Å². The zero-order valence-corrected chi connectivity index (χ0v) is 24.4. The molecule has 226 valence electrons. The standard InChI is InChI=1S/C28H33ClF3NO7S/c1-15-6-17-8-20(11-21(15)28(17,35)14-40-19(12-38-2)13-39-3)41(36,37)25-7-16(4-5-22(25)29)27(34)33-18-9-23(30)26(32)24(31)10-18/h4-5,7,9-10,15,17,19-21,35H,6,8,11-14H2,1-3H3,(H,33,34)/t15-,17?,20-,21-,28-/m1/s1. The molecule has 0 saturated heterocycles. The number of rotatable bonds is 11. The number of carbonyl (C=O) groups excluding carboxylic acids is 1. The number of hydrogen-bond acceptors (Lipinski definition) is 7. The van der Waals surface area contributed by atoms with Gasteiger partial charge in [0.15, 0.2) is 27.3 Å². The Morgan fingerprint density at radius 2 is 1.73 bits per heavy atom. The molecule has 8 nitrogen and oxygen atoms in total. The molecule has 0 heterocycles. The highest BCUT2D eigenvalue weighted by Crippen LogP contribution is 2.55. The second-order valence-corrected chi connectivity index (χ2v) is 13.4. The van der Waals surface area contributed by atoms with E-state index < -0.39 is 44.0 Å². The summed E-state index contributed by atoms with van der Waals surface area (Å²) < 4.78 is 84.4. The van der Waals surface area contributed by atoms with Crippen molar-refractivity contribution >= 4 is 33.0 Å². The lowest BCUT2D eigenvalue weighted by atomic mass is 9.73. The summed E-state index contributed by atoms with van der Waals surface area (Å²) >= 11 is 6.30. The van der Waals surface area contributed by atoms with Crippen LogP contribution in [0.3, 0.4) is 0 Å². The molecule has 2 bridgehead atoms. The third kappa shape index (κ3) is 6.42. The van der Waals surface area contributed by atoms with Gasteiger partial charge in [0.05, 0.1) is 40.6 Å². The van der Waals surface area contributed by atoms with E-state index in [1.165, 1.54) is 26.4 Å². The lowest BCUT2D eigenvalue weighted by Gasteiger charge is -2.43. The molecule has 4 rings (SSSR count). The van der Waals surface area contributed by atoms with Crippen LogP contribution in [-0.2, 0) is 24.0 Å². The fraction of sp³-hybridized carbons (Fsp3) is 0.536. The van der Waals surface area contributed by atoms with E-state index in [9.17, 15) is 31.5 Å². The van der Waals surface area contributed by atoms with Gasteiger partial charge in [-0.3, -0.25) is 4.79 Å². The van der Waals surface area contributed by atoms with Crippen molar-refractivity contribution in [2.24, 2.45) is 17.8 Å². The van der Waals surface area contributed by atoms with Crippen LogP contribution in [0.5, 0.6) is 0 Å². The van der Waals surface area contributed by atoms with Crippen LogP contribution in [0.1, 0.15) is 36.5 Å². The van der Waals surface area contributed by atoms with Gasteiger partial charge < -0.3 is 24.6 Å². The summed E-state index contributed by atoms with van der Waals surface area (Å²) in [6, 6.07) is 4.86. The number of fused-ring (bicyclic) bond motifs is 2. The van der Waals surface area contributed by atoms with E-state index in [0.29, 0.717) is 18.6 Å². The molecule has 2 N–H and O–H groups in total. The van der Waals surface area contributed by atoms with Crippen molar-refractivity contribution in [1.29, 1.82) is 0 Å². The Labute approximate surface area is 242 Å². The SMILES string of the molecule is COCC(COC)OC[C@@]1(O)C2C[C@@H](S(=O)(=O)c3cc(C(=O)Nc4cc(F)c(F)c(F)c4)ccc3Cl)C[C@@H]1[C@H](C)C2. The molecule has 2 fully saturated rings. The Kier molecular flexibility index (Phi) is 9.72. The maximum atomic E-state index is 13.8. The van der Waals surface area contributed by atoms with Gasteiger partial charge in [0.2, 0.25) is 0 Å². The summed E-state index contributed by atoms with van der Waals surface area (Å²) in [7, 11) is -0.989. The van der Waals surface area contributed by atoms with Crippen LogP contribution in [0.15, 0.2) is 35.2 Å². The molecule has 2 aliphatic rings. The van der Waals surface area contributed by atoms with Crippen molar-refractivity contribution in [2.75, 3.05) is 39.4 Å². The Balaban J connectivity index is 1.54. The van der Waals surface area contributed by atoms with Crippen molar-refractivity contribution in [3.05, 3.63) is 58.4 Å². The first-order valence-corrected chi connectivity index (χ1v) is 15.0. The third-order valence-corrected chi connectivity index (χ3v) is 10.8. The van der Waals surface area contributed by atoms with E-state index in [2.05, 4.69) is 5.32 Å². The van der Waals surface area contributed by atoms with Crippen LogP contribution in [0.25, 0.3) is 0 Å². The Morgan fingerprint density at radius 1 is 1.10 bits per heavy atom. The fourth-order valence-electron chi connectivity index (χ4n) is 6.16. The summed E-state index contributed by atoms with van der Waals surface area (Å²) in [5.41, 5.74) is -1.70. The first-order valence-electron chi connectivity index (χ1n) is 13.1. The first kappa shape index (κ1) is 31.7. The smallest absolute Gasteiger partial charge is 0.255 e. The molecular formula is C28H33ClF3NO7S. The largest absolute Gasteiger partial charge is 0.387 e. The molecular weight excluding hydrogens is 587 g/mol. The number of hydrogen-bond donors (Lipinski definition) is 2. The van der Waals surface area contributed by atoms with E-state index in [0.717, 1.165) is 6.07 Å². The van der Waals surface area contributed by atoms with Gasteiger partial charge in [0.25, 0.3) is 5.91 Å². The van der Waals surface area contributed by atoms with Gasteiger partial charge in [0.1, 0.15) is 6.10 Å². The fourth-order valence-corrected chi connectivity index (χ4v) is 8.54. The number of anilines is 1. The van der Waals surface area contributed by atoms with Gasteiger partial charge >= 0.3 is 0 Å². The molecule has 0 radical (unpaired) electrons. The molecule has 0 aliphatic heterocycles. The molecule has 0 aromatic heterocycles. The average Bonchev–Trinajstić information content (AvgIpc) is 3.03. The average molecular weight is 620 g/mol. The highest BCUT2D eigenvalue weighted by Gasteiger charge is 2.58. The summed E-state index contributed by atoms with van der Waals surface area (Å²) in [4.78, 5) is 12.5. The minimum absolute atomic E-state index is 0.0117. The number of halogens is 4. The molecule has 5 atom stereocenters. The molecule has 1 amide bonds. The van der Waals surface area contributed by atoms with Crippen molar-refractivity contribution in [1.82, 2.24) is 0 Å². The van der Waals surface area contributed by atoms with Gasteiger partial charge in [-0.2, -0.15) is 0 Å². The molecule has 2 aromatic carbocycles. The van der Waals surface area contributed by atoms with E-state index in [4.69, 9.17) is 25.8 Å². The highest BCUT2D eigenvalue weighted by atomic mass is 35.5. The lowest BCUT2D eigenvalue weighted by molar-refractivity contribution is -0.148. The summed E-state index contributed by atoms with van der Waals surface area (Å²) in [6.07, 6.45) is 0.570. The van der Waals surface area contributed by atoms with Crippen LogP contribution >= 0.6 is 11.6 Å². The second-order valence-electron chi connectivity index (χ2n) is 10.8. The van der Waals surface area contributed by atoms with E-state index in [1.807, 2.05) is 6.92 Å². The molecule has 2 aromatic rings. The van der Waals surface area contributed by atoms with E-state index >= 15 is 0 Å². The molecule has 0 spiro atoms. The van der Waals surface area contributed by atoms with Crippen LogP contribution in [0.4, 0.5) is 18.9 Å². The topological polar surface area (TPSA) is 111 Å². The number of sulfone groups is 1. The number of amides is 1. The molecule has 2 saturated carbocycles. The Bertz CT molecular complexity index is 1370. The number of ether oxygens (including phenoxy) is 3. The van der Waals surface area contributed by atoms with Gasteiger partial charge in [-0.25, -0.2) is 21.6 Å². The number of aliphatic hydroxyl groups is 1. The van der Waals surface area contributed by atoms with Gasteiger partial charge in [-0.1, -0.05) is 18.5 Å². The zero-order valence-electron chi connectivity index (χ0n) is 22.8.